The minimum atomic E-state index is -4.83. The lowest BCUT2D eigenvalue weighted by Crippen LogP contribution is -2.34. The van der Waals surface area contributed by atoms with Gasteiger partial charge in [-0.15, -0.1) is 0 Å². The van der Waals surface area contributed by atoms with Gasteiger partial charge in [0.15, 0.2) is 5.69 Å². The second kappa shape index (κ2) is 11.4. The van der Waals surface area contributed by atoms with Crippen molar-refractivity contribution in [3.8, 4) is 0 Å². The number of benzene rings is 2. The first-order valence-corrected chi connectivity index (χ1v) is 13.5. The number of fused-ring (bicyclic) bond motifs is 1. The summed E-state index contributed by atoms with van der Waals surface area (Å²) in [6.45, 7) is 0.264. The van der Waals surface area contributed by atoms with Gasteiger partial charge in [-0.1, -0.05) is 41.9 Å². The first kappa shape index (κ1) is 27.8. The summed E-state index contributed by atoms with van der Waals surface area (Å²) in [5.74, 6) is -2.30. The third-order valence-corrected chi connectivity index (χ3v) is 7.84. The van der Waals surface area contributed by atoms with E-state index >= 15 is 0 Å². The van der Waals surface area contributed by atoms with E-state index in [1.807, 2.05) is 30.5 Å². The van der Waals surface area contributed by atoms with E-state index in [2.05, 4.69) is 10.1 Å². The number of amides is 1. The molecule has 0 bridgehead atoms. The van der Waals surface area contributed by atoms with E-state index in [0.29, 0.717) is 11.4 Å². The van der Waals surface area contributed by atoms with E-state index < -0.39 is 41.3 Å². The fourth-order valence-corrected chi connectivity index (χ4v) is 5.60. The van der Waals surface area contributed by atoms with Gasteiger partial charge in [0, 0.05) is 35.2 Å². The number of aromatic nitrogens is 3. The van der Waals surface area contributed by atoms with Gasteiger partial charge in [-0.2, -0.15) is 18.3 Å². The first-order chi connectivity index (χ1) is 19.1. The maximum Gasteiger partial charge on any atom is 0.433 e. The van der Waals surface area contributed by atoms with E-state index in [0.717, 1.165) is 32.9 Å². The van der Waals surface area contributed by atoms with Crippen molar-refractivity contribution in [2.24, 2.45) is 5.92 Å². The van der Waals surface area contributed by atoms with Crippen LogP contribution in [0.25, 0.3) is 10.9 Å². The standard InChI is InChI=1S/C29H28ClF3N4O3/c30-21-9-5-18(6-10-21)17-36(14-13-20-15-34-25-4-2-1-3-23(20)25)27(38)24-16-35-37(26(24)29(31,32)33)22-11-7-19(8-12-22)28(39)40/h1-6,9-10,15-16,19,22,34H,7-8,11-14,17H2,(H,39,40). The lowest BCUT2D eigenvalue weighted by atomic mass is 9.86. The van der Waals surface area contributed by atoms with E-state index in [9.17, 15) is 27.9 Å². The zero-order valence-electron chi connectivity index (χ0n) is 21.5. The molecule has 0 atom stereocenters. The van der Waals surface area contributed by atoms with Crippen molar-refractivity contribution >= 4 is 34.4 Å². The average molecular weight is 573 g/mol. The third kappa shape index (κ3) is 5.86. The summed E-state index contributed by atoms with van der Waals surface area (Å²) in [4.78, 5) is 29.7. The Morgan fingerprint density at radius 1 is 1.07 bits per heavy atom. The minimum Gasteiger partial charge on any atom is -0.481 e. The molecule has 1 aliphatic rings. The van der Waals surface area contributed by atoms with Crippen LogP contribution in [0.4, 0.5) is 13.2 Å². The van der Waals surface area contributed by atoms with Crippen molar-refractivity contribution in [3.05, 3.63) is 88.3 Å². The molecular weight excluding hydrogens is 545 g/mol. The molecule has 11 heteroatoms. The molecule has 1 fully saturated rings. The molecule has 1 saturated carbocycles. The van der Waals surface area contributed by atoms with Crippen molar-refractivity contribution in [1.29, 1.82) is 0 Å². The number of carboxylic acids is 1. The molecular formula is C29H28ClF3N4O3. The van der Waals surface area contributed by atoms with Crippen molar-refractivity contribution in [3.63, 3.8) is 0 Å². The lowest BCUT2D eigenvalue weighted by molar-refractivity contribution is -0.147. The highest BCUT2D eigenvalue weighted by molar-refractivity contribution is 6.30. The molecule has 2 heterocycles. The van der Waals surface area contributed by atoms with Crippen molar-refractivity contribution < 1.29 is 27.9 Å². The van der Waals surface area contributed by atoms with Crippen molar-refractivity contribution in [2.45, 2.75) is 50.9 Å². The second-order valence-corrected chi connectivity index (χ2v) is 10.6. The van der Waals surface area contributed by atoms with Crippen molar-refractivity contribution in [1.82, 2.24) is 19.7 Å². The molecule has 2 aromatic heterocycles. The van der Waals surface area contributed by atoms with Gasteiger partial charge in [0.05, 0.1) is 23.7 Å². The predicted molar refractivity (Wildman–Crippen MR) is 144 cm³/mol. The van der Waals surface area contributed by atoms with E-state index in [-0.39, 0.29) is 38.8 Å². The number of hydrogen-bond acceptors (Lipinski definition) is 3. The molecule has 0 unspecified atom stereocenters. The fourth-order valence-electron chi connectivity index (χ4n) is 5.47. The number of carbonyl (C=O) groups is 2. The Hall–Kier alpha value is -3.79. The summed E-state index contributed by atoms with van der Waals surface area (Å²) in [5.41, 5.74) is 1.01. The molecule has 1 amide bonds. The second-order valence-electron chi connectivity index (χ2n) is 10.2. The molecule has 2 N–H and O–H groups in total. The number of aliphatic carboxylic acids is 1. The summed E-state index contributed by atoms with van der Waals surface area (Å²) >= 11 is 6.01. The highest BCUT2D eigenvalue weighted by Crippen LogP contribution is 2.39. The number of rotatable bonds is 8. The van der Waals surface area contributed by atoms with Crippen LogP contribution >= 0.6 is 11.6 Å². The summed E-state index contributed by atoms with van der Waals surface area (Å²) in [6, 6.07) is 13.9. The molecule has 210 valence electrons. The number of carbonyl (C=O) groups excluding carboxylic acids is 1. The van der Waals surface area contributed by atoms with E-state index in [4.69, 9.17) is 11.6 Å². The predicted octanol–water partition coefficient (Wildman–Crippen LogP) is 6.74. The smallest absolute Gasteiger partial charge is 0.433 e. The number of para-hydroxylation sites is 1. The zero-order valence-corrected chi connectivity index (χ0v) is 22.3. The molecule has 2 aromatic carbocycles. The minimum absolute atomic E-state index is 0.0879. The van der Waals surface area contributed by atoms with Gasteiger partial charge in [-0.3, -0.25) is 14.3 Å². The summed E-state index contributed by atoms with van der Waals surface area (Å²) in [5, 5.41) is 14.8. The summed E-state index contributed by atoms with van der Waals surface area (Å²) in [6.07, 6.45) is -0.556. The molecule has 0 saturated heterocycles. The van der Waals surface area contributed by atoms with E-state index in [1.54, 1.807) is 24.3 Å². The zero-order chi connectivity index (χ0) is 28.4. The average Bonchev–Trinajstić information content (AvgIpc) is 3.57. The number of carboxylic acid groups (broad SMARTS) is 1. The number of nitrogens with zero attached hydrogens (tertiary/aromatic N) is 3. The van der Waals surface area contributed by atoms with Gasteiger partial charge >= 0.3 is 12.1 Å². The van der Waals surface area contributed by atoms with Crippen molar-refractivity contribution in [2.75, 3.05) is 6.54 Å². The van der Waals surface area contributed by atoms with Gasteiger partial charge < -0.3 is 15.0 Å². The van der Waals surface area contributed by atoms with E-state index in [1.165, 1.54) is 4.90 Å². The quantitative estimate of drug-likeness (QED) is 0.245. The van der Waals surface area contributed by atoms with Crippen LogP contribution in [0.2, 0.25) is 5.02 Å². The Kier molecular flexibility index (Phi) is 7.89. The molecule has 0 spiro atoms. The van der Waals surface area contributed by atoms with Crippen LogP contribution in [0, 0.1) is 5.92 Å². The molecule has 5 rings (SSSR count). The van der Waals surface area contributed by atoms with Gasteiger partial charge in [0.2, 0.25) is 0 Å². The normalized spacial score (nSPS) is 17.7. The Balaban J connectivity index is 1.45. The maximum atomic E-state index is 14.4. The summed E-state index contributed by atoms with van der Waals surface area (Å²) < 4.78 is 44.2. The largest absolute Gasteiger partial charge is 0.481 e. The number of halogens is 4. The number of aromatic amines is 1. The number of alkyl halides is 3. The van der Waals surface area contributed by atoms with Gasteiger partial charge in [0.1, 0.15) is 0 Å². The maximum absolute atomic E-state index is 14.4. The number of H-pyrrole nitrogens is 1. The Labute approximate surface area is 233 Å². The number of hydrogen-bond donors (Lipinski definition) is 2. The molecule has 7 nitrogen and oxygen atoms in total. The SMILES string of the molecule is O=C(O)C1CCC(n2ncc(C(=O)N(CCc3c[nH]c4ccccc34)Cc3ccc(Cl)cc3)c2C(F)(F)F)CC1. The fraction of sp³-hybridized carbons (Fsp3) is 0.345. The molecule has 40 heavy (non-hydrogen) atoms. The van der Waals surface area contributed by atoms with Crippen LogP contribution in [0.1, 0.15) is 58.9 Å². The van der Waals surface area contributed by atoms with Gasteiger partial charge in [0.25, 0.3) is 5.91 Å². The van der Waals surface area contributed by atoms with Crippen LogP contribution in [0.3, 0.4) is 0 Å². The first-order valence-electron chi connectivity index (χ1n) is 13.1. The Bertz CT molecular complexity index is 1500. The molecule has 0 aliphatic heterocycles. The lowest BCUT2D eigenvalue weighted by Gasteiger charge is -2.28. The molecule has 0 radical (unpaired) electrons. The van der Waals surface area contributed by atoms with Crippen LogP contribution in [0.15, 0.2) is 60.9 Å². The van der Waals surface area contributed by atoms with Crippen LogP contribution in [-0.4, -0.2) is 43.2 Å². The van der Waals surface area contributed by atoms with Crippen LogP contribution < -0.4 is 0 Å². The molecule has 1 aliphatic carbocycles. The highest BCUT2D eigenvalue weighted by Gasteiger charge is 2.43. The Morgan fingerprint density at radius 3 is 2.45 bits per heavy atom. The Morgan fingerprint density at radius 2 is 1.77 bits per heavy atom. The summed E-state index contributed by atoms with van der Waals surface area (Å²) in [7, 11) is 0. The van der Waals surface area contributed by atoms with Crippen LogP contribution in [-0.2, 0) is 23.9 Å². The van der Waals surface area contributed by atoms with Crippen LogP contribution in [0.5, 0.6) is 0 Å². The monoisotopic (exact) mass is 572 g/mol. The van der Waals surface area contributed by atoms with Gasteiger partial charge in [-0.25, -0.2) is 0 Å². The van der Waals surface area contributed by atoms with Gasteiger partial charge in [-0.05, 0) is 61.4 Å². The third-order valence-electron chi connectivity index (χ3n) is 7.59. The highest BCUT2D eigenvalue weighted by atomic mass is 35.5. The topological polar surface area (TPSA) is 91.2 Å². The molecule has 4 aromatic rings. The number of nitrogens with one attached hydrogen (secondary N) is 1.